The van der Waals surface area contributed by atoms with Gasteiger partial charge in [0.1, 0.15) is 11.1 Å². The molecule has 2 saturated heterocycles. The number of carbonyl (C=O) groups excluding carboxylic acids is 1. The van der Waals surface area contributed by atoms with Crippen LogP contribution in [0.2, 0.25) is 0 Å². The van der Waals surface area contributed by atoms with Crippen LogP contribution in [0.3, 0.4) is 0 Å². The highest BCUT2D eigenvalue weighted by Gasteiger charge is 2.45. The molecule has 2 unspecified atom stereocenters. The van der Waals surface area contributed by atoms with Crippen LogP contribution < -0.4 is 21.7 Å². The number of carbonyl (C=O) groups is 1. The van der Waals surface area contributed by atoms with Gasteiger partial charge in [0.15, 0.2) is 5.58 Å². The molecule has 0 aromatic carbocycles. The molecule has 14 heteroatoms. The number of amides is 1. The second-order valence-electron chi connectivity index (χ2n) is 9.52. The lowest BCUT2D eigenvalue weighted by Gasteiger charge is -2.39. The molecule has 2 fully saturated rings. The van der Waals surface area contributed by atoms with Crippen LogP contribution in [-0.2, 0) is 6.54 Å². The zero-order valence-electron chi connectivity index (χ0n) is 19.4. The van der Waals surface area contributed by atoms with Crippen molar-refractivity contribution in [1.82, 2.24) is 14.9 Å². The molecule has 5 heterocycles. The summed E-state index contributed by atoms with van der Waals surface area (Å²) in [5.74, 6) is -5.21. The van der Waals surface area contributed by atoms with Gasteiger partial charge in [-0.05, 0) is 24.1 Å². The highest BCUT2D eigenvalue weighted by atomic mass is 19.4. The lowest BCUT2D eigenvalue weighted by atomic mass is 9.93. The molecule has 0 bridgehead atoms. The third-order valence-corrected chi connectivity index (χ3v) is 6.49. The number of fused-ring (bicyclic) bond motifs is 1. The molecule has 5 N–H and O–H groups in total. The minimum Gasteiger partial charge on any atom is -0.438 e. The van der Waals surface area contributed by atoms with Gasteiger partial charge in [0.25, 0.3) is 11.8 Å². The Kier molecular flexibility index (Phi) is 6.18. The first-order valence-electron chi connectivity index (χ1n) is 11.5. The van der Waals surface area contributed by atoms with E-state index in [1.807, 2.05) is 0 Å². The fourth-order valence-corrected chi connectivity index (χ4v) is 4.84. The Morgan fingerprint density at radius 3 is 2.70 bits per heavy atom. The average molecular weight is 525 g/mol. The summed E-state index contributed by atoms with van der Waals surface area (Å²) in [6.07, 6.45) is -0.405. The molecule has 5 rings (SSSR count). The van der Waals surface area contributed by atoms with E-state index in [1.165, 1.54) is 29.6 Å². The first kappa shape index (κ1) is 25.1. The summed E-state index contributed by atoms with van der Waals surface area (Å²) < 4.78 is 72.0. The van der Waals surface area contributed by atoms with Gasteiger partial charge in [-0.15, -0.1) is 0 Å². The molecule has 3 aromatic rings. The minimum atomic E-state index is -4.40. The maximum atomic E-state index is 13.4. The minimum absolute atomic E-state index is 0.0599. The molecule has 37 heavy (non-hydrogen) atoms. The third kappa shape index (κ3) is 5.16. The van der Waals surface area contributed by atoms with E-state index >= 15 is 0 Å². The predicted molar refractivity (Wildman–Crippen MR) is 125 cm³/mol. The highest BCUT2D eigenvalue weighted by molar-refractivity contribution is 6.15. The molecule has 2 atom stereocenters. The number of nitrogens with two attached hydrogens (primary N) is 2. The van der Waals surface area contributed by atoms with E-state index in [9.17, 15) is 26.7 Å². The van der Waals surface area contributed by atoms with Crippen molar-refractivity contribution in [2.24, 2.45) is 11.7 Å². The van der Waals surface area contributed by atoms with E-state index in [0.29, 0.717) is 11.3 Å². The lowest BCUT2D eigenvalue weighted by Crippen LogP contribution is -2.55. The summed E-state index contributed by atoms with van der Waals surface area (Å²) in [6, 6.07) is 2.38. The Balaban J connectivity index is 1.36. The van der Waals surface area contributed by atoms with Crippen molar-refractivity contribution < 1.29 is 31.2 Å². The number of nitrogen functional groups attached to an aromatic ring is 1. The topological polar surface area (TPSA) is 127 Å². The number of likely N-dealkylation sites (tertiary alicyclic amines) is 1. The van der Waals surface area contributed by atoms with Crippen molar-refractivity contribution in [3.05, 3.63) is 41.9 Å². The summed E-state index contributed by atoms with van der Waals surface area (Å²) in [5.41, 5.74) is 13.3. The Labute approximate surface area is 207 Å². The number of hydrogen-bond acceptors (Lipinski definition) is 8. The quantitative estimate of drug-likeness (QED) is 0.434. The van der Waals surface area contributed by atoms with Gasteiger partial charge < -0.3 is 26.1 Å². The van der Waals surface area contributed by atoms with Crippen molar-refractivity contribution in [3.63, 3.8) is 0 Å². The first-order valence-corrected chi connectivity index (χ1v) is 11.5. The number of halogens is 5. The monoisotopic (exact) mass is 525 g/mol. The number of hydrogen-bond donors (Lipinski definition) is 3. The fraction of sp³-hybridized carbons (Fsp3) is 0.435. The number of nitrogens with one attached hydrogen (secondary N) is 1. The van der Waals surface area contributed by atoms with Crippen LogP contribution in [0.25, 0.3) is 11.1 Å². The standard InChI is InChI=1S/C23H24F5N7O2/c24-22(25)10-34(11-22)7-12-3-17-19(32-5-12)18(20(30)37-17)21(36)33-15-6-31-2-1-16(15)35-8-13(23(26,27)28)4-14(29)9-35/h1-3,5-6,13-14H,4,7-11,29-30H2,(H,33,36). The SMILES string of the molecule is Nc1oc2cc(CN3CC(F)(F)C3)cnc2c1C(=O)Nc1cnccc1N1CC(N)CC(C(F)(F)F)C1. The molecule has 9 nitrogen and oxygen atoms in total. The number of anilines is 3. The molecule has 0 spiro atoms. The zero-order valence-corrected chi connectivity index (χ0v) is 19.4. The van der Waals surface area contributed by atoms with Crippen LogP contribution in [0, 0.1) is 5.92 Å². The predicted octanol–water partition coefficient (Wildman–Crippen LogP) is 3.22. The zero-order chi connectivity index (χ0) is 26.5. The number of aromatic nitrogens is 2. The largest absolute Gasteiger partial charge is 0.438 e. The fourth-order valence-electron chi connectivity index (χ4n) is 4.84. The van der Waals surface area contributed by atoms with E-state index in [4.69, 9.17) is 15.9 Å². The van der Waals surface area contributed by atoms with Crippen molar-refractivity contribution in [2.75, 3.05) is 42.1 Å². The van der Waals surface area contributed by atoms with Crippen LogP contribution in [-0.4, -0.2) is 65.1 Å². The van der Waals surface area contributed by atoms with Crippen molar-refractivity contribution in [2.45, 2.75) is 31.1 Å². The van der Waals surface area contributed by atoms with E-state index in [1.54, 1.807) is 11.0 Å². The smallest absolute Gasteiger partial charge is 0.393 e. The Morgan fingerprint density at radius 2 is 2.00 bits per heavy atom. The van der Waals surface area contributed by atoms with Gasteiger partial charge in [0.05, 0.1) is 36.6 Å². The number of alkyl halides is 5. The Morgan fingerprint density at radius 1 is 1.24 bits per heavy atom. The maximum absolute atomic E-state index is 13.4. The van der Waals surface area contributed by atoms with Gasteiger partial charge in [-0.3, -0.25) is 19.7 Å². The summed E-state index contributed by atoms with van der Waals surface area (Å²) in [4.78, 5) is 24.5. The van der Waals surface area contributed by atoms with Crippen LogP contribution in [0.4, 0.5) is 39.2 Å². The molecule has 198 valence electrons. The van der Waals surface area contributed by atoms with Crippen LogP contribution in [0.1, 0.15) is 22.3 Å². The number of nitrogens with zero attached hydrogens (tertiary/aromatic N) is 4. The third-order valence-electron chi connectivity index (χ3n) is 6.49. The van der Waals surface area contributed by atoms with E-state index in [0.717, 1.165) is 0 Å². The normalized spacial score (nSPS) is 22.2. The summed E-state index contributed by atoms with van der Waals surface area (Å²) >= 11 is 0. The van der Waals surface area contributed by atoms with Gasteiger partial charge in [-0.25, -0.2) is 8.78 Å². The number of pyridine rings is 2. The summed E-state index contributed by atoms with van der Waals surface area (Å²) in [6.45, 7) is -0.607. The highest BCUT2D eigenvalue weighted by Crippen LogP contribution is 2.37. The molecular formula is C23H24F5N7O2. The van der Waals surface area contributed by atoms with Crippen molar-refractivity contribution >= 4 is 34.3 Å². The van der Waals surface area contributed by atoms with Crippen molar-refractivity contribution in [1.29, 1.82) is 0 Å². The second-order valence-corrected chi connectivity index (χ2v) is 9.52. The van der Waals surface area contributed by atoms with Crippen LogP contribution in [0.5, 0.6) is 0 Å². The second kappa shape index (κ2) is 9.10. The maximum Gasteiger partial charge on any atom is 0.393 e. The molecule has 2 aliphatic heterocycles. The van der Waals surface area contributed by atoms with Gasteiger partial charge in [0.2, 0.25) is 5.88 Å². The van der Waals surface area contributed by atoms with Crippen LogP contribution >= 0.6 is 0 Å². The number of piperidine rings is 1. The van der Waals surface area contributed by atoms with Gasteiger partial charge >= 0.3 is 6.18 Å². The Bertz CT molecular complexity index is 1320. The van der Waals surface area contributed by atoms with E-state index in [2.05, 4.69) is 15.3 Å². The van der Waals surface area contributed by atoms with Crippen molar-refractivity contribution in [3.8, 4) is 0 Å². The first-order chi connectivity index (χ1) is 17.4. The Hall–Kier alpha value is -3.52. The lowest BCUT2D eigenvalue weighted by molar-refractivity contribution is -0.177. The van der Waals surface area contributed by atoms with Gasteiger partial charge in [-0.1, -0.05) is 0 Å². The molecule has 0 radical (unpaired) electrons. The van der Waals surface area contributed by atoms with Crippen LogP contribution in [0.15, 0.2) is 35.1 Å². The van der Waals surface area contributed by atoms with E-state index < -0.39 is 30.0 Å². The number of furan rings is 1. The number of rotatable bonds is 5. The molecular weight excluding hydrogens is 501 g/mol. The molecule has 3 aromatic heterocycles. The van der Waals surface area contributed by atoms with E-state index in [-0.39, 0.29) is 67.4 Å². The average Bonchev–Trinajstić information content (AvgIpc) is 3.12. The molecule has 1 amide bonds. The molecule has 0 saturated carbocycles. The summed E-state index contributed by atoms with van der Waals surface area (Å²) in [7, 11) is 0. The van der Waals surface area contributed by atoms with Gasteiger partial charge in [-0.2, -0.15) is 13.2 Å². The molecule has 0 aliphatic carbocycles. The summed E-state index contributed by atoms with van der Waals surface area (Å²) in [5, 5.41) is 2.65. The molecule has 2 aliphatic rings. The van der Waals surface area contributed by atoms with Gasteiger partial charge in [0, 0.05) is 38.1 Å².